The van der Waals surface area contributed by atoms with Crippen molar-refractivity contribution in [3.63, 3.8) is 0 Å². The highest BCUT2D eigenvalue weighted by Crippen LogP contribution is 2.33. The van der Waals surface area contributed by atoms with Crippen LogP contribution in [0.15, 0.2) is 65.4 Å². The minimum atomic E-state index is -2.83. The average Bonchev–Trinajstić information content (AvgIpc) is 3.83. The Kier molecular flexibility index (Phi) is 10.3. The number of unbranched alkanes of at least 4 members (excludes halogenated alkanes) is 1. The van der Waals surface area contributed by atoms with Gasteiger partial charge in [-0.05, 0) is 68.5 Å². The fraction of sp³-hybridized carbons (Fsp3) is 0.294. The van der Waals surface area contributed by atoms with E-state index in [4.69, 9.17) is 9.26 Å². The molecule has 3 aromatic heterocycles. The average molecular weight is 712 g/mol. The van der Waals surface area contributed by atoms with Gasteiger partial charge in [-0.2, -0.15) is 4.41 Å². The monoisotopic (exact) mass is 711 g/mol. The predicted octanol–water partition coefficient (Wildman–Crippen LogP) is 6.35. The van der Waals surface area contributed by atoms with E-state index in [9.17, 15) is 27.8 Å². The molecule has 12 nitrogen and oxygen atoms in total. The summed E-state index contributed by atoms with van der Waals surface area (Å²) in [6.07, 6.45) is 3.19. The smallest absolute Gasteiger partial charge is 0.314 e. The molecule has 262 valence electrons. The summed E-state index contributed by atoms with van der Waals surface area (Å²) in [4.78, 5) is 32.5. The van der Waals surface area contributed by atoms with E-state index < -0.39 is 58.0 Å². The van der Waals surface area contributed by atoms with Crippen LogP contribution in [0.1, 0.15) is 59.0 Å². The number of halogens is 3. The normalized spacial score (nSPS) is 16.1. The maximum Gasteiger partial charge on any atom is 0.314 e. The number of carboxylic acid groups (broad SMARTS) is 1. The standard InChI is InChI=1S/C34H32F3N5O7S/c1-19-14-29(49-40-19)24(34(44)45)4-2-3-13-48-23-7-5-20(6-8-23)21-15-25-26(17-39-33(25)38-16-21)32(43)30-27(36)9-10-28(31(30)37)42(50(46)47)41-12-11-22(35)18-41/h5-10,14-17,22,24H,2-4,11-13,18H2,1H3,(H,38,39)(H,44,45)(H,46,47)/t22-,24?/m1/s1. The Morgan fingerprint density at radius 1 is 1.16 bits per heavy atom. The van der Waals surface area contributed by atoms with Crippen LogP contribution in [0.3, 0.4) is 0 Å². The SMILES string of the molecule is Cc1cc(C(CCCCOc2ccc(-c3cnc4[nH]cc(C(=O)c5c(F)ccc(N(N6CC[C@@H](F)C6)S(=O)O)c5F)c4c3)cc2)C(=O)O)on1. The molecule has 0 amide bonds. The number of aliphatic carboxylic acids is 1. The molecule has 3 atom stereocenters. The summed E-state index contributed by atoms with van der Waals surface area (Å²) in [5.74, 6) is -4.41. The number of pyridine rings is 1. The maximum absolute atomic E-state index is 15.9. The third-order valence-corrected chi connectivity index (χ3v) is 9.15. The molecule has 6 rings (SSSR count). The molecule has 1 saturated heterocycles. The van der Waals surface area contributed by atoms with Crippen molar-refractivity contribution in [3.8, 4) is 16.9 Å². The number of benzene rings is 2. The second-order valence-corrected chi connectivity index (χ2v) is 12.6. The molecule has 16 heteroatoms. The summed E-state index contributed by atoms with van der Waals surface area (Å²) in [7, 11) is 0. The molecule has 2 unspecified atom stereocenters. The molecule has 1 aliphatic rings. The fourth-order valence-corrected chi connectivity index (χ4v) is 6.56. The molecule has 0 aliphatic carbocycles. The summed E-state index contributed by atoms with van der Waals surface area (Å²) in [5.41, 5.74) is 0.676. The number of aryl methyl sites for hydroxylation is 1. The zero-order valence-electron chi connectivity index (χ0n) is 26.6. The molecule has 0 bridgehead atoms. The topological polar surface area (TPSA) is 162 Å². The van der Waals surface area contributed by atoms with Gasteiger partial charge in [-0.1, -0.05) is 17.3 Å². The van der Waals surface area contributed by atoms with E-state index in [1.807, 2.05) is 0 Å². The van der Waals surface area contributed by atoms with Gasteiger partial charge in [0.15, 0.2) is 11.6 Å². The lowest BCUT2D eigenvalue weighted by Gasteiger charge is -2.29. The number of nitrogens with zero attached hydrogens (tertiary/aromatic N) is 4. The maximum atomic E-state index is 15.9. The van der Waals surface area contributed by atoms with Crippen molar-refractivity contribution in [2.24, 2.45) is 0 Å². The third-order valence-electron chi connectivity index (χ3n) is 8.42. The number of hydrazine groups is 1. The fourth-order valence-electron chi connectivity index (χ4n) is 5.90. The first-order valence-electron chi connectivity index (χ1n) is 15.7. The van der Waals surface area contributed by atoms with Crippen molar-refractivity contribution in [2.45, 2.75) is 44.7 Å². The first kappa shape index (κ1) is 34.8. The highest BCUT2D eigenvalue weighted by molar-refractivity contribution is 7.80. The summed E-state index contributed by atoms with van der Waals surface area (Å²) >= 11 is -2.83. The number of hydrogen-bond donors (Lipinski definition) is 3. The predicted molar refractivity (Wildman–Crippen MR) is 177 cm³/mol. The van der Waals surface area contributed by atoms with Crippen molar-refractivity contribution in [1.82, 2.24) is 20.1 Å². The number of alkyl halides is 1. The number of nitrogens with one attached hydrogen (secondary N) is 1. The number of carbonyl (C=O) groups is 2. The van der Waals surface area contributed by atoms with Crippen LogP contribution < -0.4 is 9.15 Å². The minimum Gasteiger partial charge on any atom is -0.494 e. The Morgan fingerprint density at radius 2 is 1.94 bits per heavy atom. The summed E-state index contributed by atoms with van der Waals surface area (Å²) < 4.78 is 78.4. The lowest BCUT2D eigenvalue weighted by atomic mass is 9.99. The number of aromatic amines is 1. The van der Waals surface area contributed by atoms with Crippen LogP contribution in [0, 0.1) is 18.6 Å². The quantitative estimate of drug-likeness (QED) is 0.0672. The Bertz CT molecular complexity index is 2050. The zero-order chi connectivity index (χ0) is 35.5. The van der Waals surface area contributed by atoms with Gasteiger partial charge in [-0.3, -0.25) is 14.1 Å². The number of ketones is 1. The van der Waals surface area contributed by atoms with Crippen molar-refractivity contribution < 1.29 is 45.9 Å². The third kappa shape index (κ3) is 7.27. The Balaban J connectivity index is 1.15. The van der Waals surface area contributed by atoms with Crippen LogP contribution in [0.2, 0.25) is 0 Å². The van der Waals surface area contributed by atoms with Gasteiger partial charge in [-0.25, -0.2) is 27.4 Å². The van der Waals surface area contributed by atoms with Crippen LogP contribution >= 0.6 is 0 Å². The number of H-pyrrole nitrogens is 1. The van der Waals surface area contributed by atoms with E-state index in [-0.39, 0.29) is 25.1 Å². The number of aromatic nitrogens is 3. The molecule has 0 radical (unpaired) electrons. The van der Waals surface area contributed by atoms with E-state index in [1.54, 1.807) is 49.5 Å². The summed E-state index contributed by atoms with van der Waals surface area (Å²) in [6, 6.07) is 12.1. The first-order valence-corrected chi connectivity index (χ1v) is 16.8. The first-order chi connectivity index (χ1) is 24.0. The van der Waals surface area contributed by atoms with E-state index in [1.165, 1.54) is 6.20 Å². The number of ether oxygens (including phenoxy) is 1. The van der Waals surface area contributed by atoms with Crippen molar-refractivity contribution in [3.05, 3.63) is 95.1 Å². The molecular weight excluding hydrogens is 679 g/mol. The molecule has 3 N–H and O–H groups in total. The summed E-state index contributed by atoms with van der Waals surface area (Å²) in [6.45, 7) is 1.85. The van der Waals surface area contributed by atoms with Gasteiger partial charge < -0.3 is 19.4 Å². The van der Waals surface area contributed by atoms with Crippen LogP contribution in [-0.2, 0) is 16.1 Å². The van der Waals surface area contributed by atoms with Crippen LogP contribution in [-0.4, -0.2) is 71.6 Å². The molecule has 50 heavy (non-hydrogen) atoms. The Morgan fingerprint density at radius 3 is 2.60 bits per heavy atom. The molecule has 1 fully saturated rings. The highest BCUT2D eigenvalue weighted by atomic mass is 32.2. The molecule has 2 aromatic carbocycles. The van der Waals surface area contributed by atoms with Crippen molar-refractivity contribution in [1.29, 1.82) is 0 Å². The van der Waals surface area contributed by atoms with Crippen LogP contribution in [0.25, 0.3) is 22.2 Å². The number of rotatable bonds is 14. The van der Waals surface area contributed by atoms with E-state index >= 15 is 8.78 Å². The van der Waals surface area contributed by atoms with Gasteiger partial charge in [0.05, 0.1) is 24.4 Å². The van der Waals surface area contributed by atoms with Gasteiger partial charge in [0.25, 0.3) is 11.3 Å². The van der Waals surface area contributed by atoms with Crippen LogP contribution in [0.5, 0.6) is 5.75 Å². The van der Waals surface area contributed by atoms with Crippen molar-refractivity contribution in [2.75, 3.05) is 24.1 Å². The number of carboxylic acids is 1. The Labute approximate surface area is 286 Å². The van der Waals surface area contributed by atoms with E-state index in [0.717, 1.165) is 22.7 Å². The number of carbonyl (C=O) groups excluding carboxylic acids is 1. The lowest BCUT2D eigenvalue weighted by molar-refractivity contribution is -0.139. The number of anilines is 1. The van der Waals surface area contributed by atoms with Gasteiger partial charge in [0, 0.05) is 41.5 Å². The largest absolute Gasteiger partial charge is 0.494 e. The molecular formula is C34H32F3N5O7S. The molecule has 0 spiro atoms. The molecule has 4 heterocycles. The second-order valence-electron chi connectivity index (χ2n) is 11.8. The van der Waals surface area contributed by atoms with Crippen LogP contribution in [0.4, 0.5) is 18.9 Å². The number of fused-ring (bicyclic) bond motifs is 1. The van der Waals surface area contributed by atoms with E-state index in [2.05, 4.69) is 15.1 Å². The number of hydrogen-bond acceptors (Lipinski definition) is 8. The second kappa shape index (κ2) is 14.8. The van der Waals surface area contributed by atoms with Gasteiger partial charge in [-0.15, -0.1) is 0 Å². The van der Waals surface area contributed by atoms with Gasteiger partial charge in [0.2, 0.25) is 5.78 Å². The molecule has 1 aliphatic heterocycles. The van der Waals surface area contributed by atoms with E-state index in [0.29, 0.717) is 64.1 Å². The van der Waals surface area contributed by atoms with Crippen molar-refractivity contribution >= 4 is 39.7 Å². The summed E-state index contributed by atoms with van der Waals surface area (Å²) in [5, 5.41) is 14.7. The molecule has 5 aromatic rings. The Hall–Kier alpha value is -5.06. The van der Waals surface area contributed by atoms with Gasteiger partial charge >= 0.3 is 5.97 Å². The minimum absolute atomic E-state index is 0.0255. The lowest BCUT2D eigenvalue weighted by Crippen LogP contribution is -2.43. The van der Waals surface area contributed by atoms with Gasteiger partial charge in [0.1, 0.15) is 35.0 Å². The molecule has 0 saturated carbocycles. The zero-order valence-corrected chi connectivity index (χ0v) is 27.5. The highest BCUT2D eigenvalue weighted by Gasteiger charge is 2.34.